The minimum absolute atomic E-state index is 0.462. The van der Waals surface area contributed by atoms with Crippen LogP contribution in [0, 0.1) is 0 Å². The molecule has 0 heterocycles. The van der Waals surface area contributed by atoms with Crippen LogP contribution in [0.25, 0.3) is 0 Å². The maximum atomic E-state index is 6.05. The number of halogens is 1. The number of benzene rings is 2. The number of nitrogens with one attached hydrogen (secondary N) is 2. The molecule has 0 spiro atoms. The Balaban J connectivity index is 2.14. The smallest absolute Gasteiger partial charge is 0.203 e. The lowest BCUT2D eigenvalue weighted by Crippen LogP contribution is -2.36. The topological polar surface area (TPSA) is 64.1 Å². The van der Waals surface area contributed by atoms with Crippen LogP contribution in [-0.4, -0.2) is 33.3 Å². The van der Waals surface area contributed by atoms with Crippen LogP contribution in [0.5, 0.6) is 17.2 Å². The predicted molar refractivity (Wildman–Crippen MR) is 114 cm³/mol. The SMILES string of the molecule is CCNC(=NCc1cc(OC)c(OCC)c(OC)c1)NCc1cccc(Cl)c1. The number of hydrogen-bond donors (Lipinski definition) is 2. The molecule has 0 aliphatic carbocycles. The Labute approximate surface area is 171 Å². The molecule has 2 aromatic rings. The second-order valence-electron chi connectivity index (χ2n) is 5.94. The van der Waals surface area contributed by atoms with Gasteiger partial charge in [0.05, 0.1) is 27.4 Å². The van der Waals surface area contributed by atoms with Crippen molar-refractivity contribution < 1.29 is 14.2 Å². The van der Waals surface area contributed by atoms with Gasteiger partial charge in [0.1, 0.15) is 0 Å². The molecule has 0 fully saturated rings. The normalized spacial score (nSPS) is 11.1. The monoisotopic (exact) mass is 405 g/mol. The molecule has 0 saturated carbocycles. The maximum absolute atomic E-state index is 6.05. The fourth-order valence-corrected chi connectivity index (χ4v) is 2.87. The summed E-state index contributed by atoms with van der Waals surface area (Å²) in [7, 11) is 3.22. The number of rotatable bonds is 9. The summed E-state index contributed by atoms with van der Waals surface area (Å²) in [6.45, 7) is 6.33. The summed E-state index contributed by atoms with van der Waals surface area (Å²) >= 11 is 6.05. The minimum Gasteiger partial charge on any atom is -0.493 e. The third-order valence-corrected chi connectivity index (χ3v) is 4.16. The highest BCUT2D eigenvalue weighted by Crippen LogP contribution is 2.38. The Bertz CT molecular complexity index is 771. The summed E-state index contributed by atoms with van der Waals surface area (Å²) in [5.41, 5.74) is 2.04. The first-order valence-corrected chi connectivity index (χ1v) is 9.63. The van der Waals surface area contributed by atoms with E-state index in [1.54, 1.807) is 14.2 Å². The summed E-state index contributed by atoms with van der Waals surface area (Å²) in [6, 6.07) is 11.6. The van der Waals surface area contributed by atoms with Crippen molar-refractivity contribution in [2.75, 3.05) is 27.4 Å². The van der Waals surface area contributed by atoms with E-state index in [-0.39, 0.29) is 0 Å². The number of nitrogens with zero attached hydrogens (tertiary/aromatic N) is 1. The van der Waals surface area contributed by atoms with Gasteiger partial charge < -0.3 is 24.8 Å². The van der Waals surface area contributed by atoms with Crippen LogP contribution in [0.4, 0.5) is 0 Å². The van der Waals surface area contributed by atoms with Gasteiger partial charge in [0.2, 0.25) is 5.75 Å². The Morgan fingerprint density at radius 3 is 2.29 bits per heavy atom. The largest absolute Gasteiger partial charge is 0.493 e. The molecular weight excluding hydrogens is 378 g/mol. The number of hydrogen-bond acceptors (Lipinski definition) is 4. The Hall–Kier alpha value is -2.60. The van der Waals surface area contributed by atoms with Crippen LogP contribution in [0.3, 0.4) is 0 Å². The summed E-state index contributed by atoms with van der Waals surface area (Å²) in [5.74, 6) is 2.58. The van der Waals surface area contributed by atoms with Gasteiger partial charge in [-0.05, 0) is 49.2 Å². The van der Waals surface area contributed by atoms with Crippen molar-refractivity contribution in [2.24, 2.45) is 4.99 Å². The van der Waals surface area contributed by atoms with Crippen LogP contribution in [0.1, 0.15) is 25.0 Å². The van der Waals surface area contributed by atoms with Crippen molar-refractivity contribution in [3.05, 3.63) is 52.5 Å². The van der Waals surface area contributed by atoms with Gasteiger partial charge in [-0.2, -0.15) is 0 Å². The van der Waals surface area contributed by atoms with Crippen LogP contribution in [0.2, 0.25) is 5.02 Å². The molecule has 6 nitrogen and oxygen atoms in total. The third-order valence-electron chi connectivity index (χ3n) is 3.92. The van der Waals surface area contributed by atoms with E-state index in [1.165, 1.54) is 0 Å². The summed E-state index contributed by atoms with van der Waals surface area (Å²) in [6.07, 6.45) is 0. The standard InChI is InChI=1S/C21H28ClN3O3/c1-5-23-21(24-13-15-8-7-9-17(22)10-15)25-14-16-11-18(26-3)20(28-6-2)19(12-16)27-4/h7-12H,5-6,13-14H2,1-4H3,(H2,23,24,25). The second-order valence-corrected chi connectivity index (χ2v) is 6.38. The number of methoxy groups -OCH3 is 2. The van der Waals surface area contributed by atoms with Gasteiger partial charge in [-0.3, -0.25) is 0 Å². The van der Waals surface area contributed by atoms with Crippen molar-refractivity contribution in [3.8, 4) is 17.2 Å². The first-order chi connectivity index (χ1) is 13.6. The van der Waals surface area contributed by atoms with Crippen LogP contribution >= 0.6 is 11.6 Å². The highest BCUT2D eigenvalue weighted by Gasteiger charge is 2.13. The highest BCUT2D eigenvalue weighted by molar-refractivity contribution is 6.30. The molecule has 0 amide bonds. The zero-order chi connectivity index (χ0) is 20.4. The number of guanidine groups is 1. The average molecular weight is 406 g/mol. The first kappa shape index (κ1) is 21.7. The Kier molecular flexibility index (Phi) is 8.75. The van der Waals surface area contributed by atoms with Gasteiger partial charge in [0.25, 0.3) is 0 Å². The Morgan fingerprint density at radius 2 is 1.71 bits per heavy atom. The molecule has 2 N–H and O–H groups in total. The van der Waals surface area contributed by atoms with E-state index in [4.69, 9.17) is 25.8 Å². The van der Waals surface area contributed by atoms with E-state index < -0.39 is 0 Å². The number of ether oxygens (including phenoxy) is 3. The molecular formula is C21H28ClN3O3. The summed E-state index contributed by atoms with van der Waals surface area (Å²) < 4.78 is 16.6. The lowest BCUT2D eigenvalue weighted by molar-refractivity contribution is 0.288. The van der Waals surface area contributed by atoms with Gasteiger partial charge in [-0.15, -0.1) is 0 Å². The fourth-order valence-electron chi connectivity index (χ4n) is 2.66. The van der Waals surface area contributed by atoms with Crippen molar-refractivity contribution in [1.29, 1.82) is 0 Å². The van der Waals surface area contributed by atoms with Crippen molar-refractivity contribution in [2.45, 2.75) is 26.9 Å². The van der Waals surface area contributed by atoms with E-state index in [0.717, 1.165) is 22.7 Å². The molecule has 0 radical (unpaired) electrons. The van der Waals surface area contributed by atoms with E-state index in [2.05, 4.69) is 15.6 Å². The number of aliphatic imine (C=N–C) groups is 1. The maximum Gasteiger partial charge on any atom is 0.203 e. The van der Waals surface area contributed by atoms with Crippen molar-refractivity contribution in [1.82, 2.24) is 10.6 Å². The molecule has 7 heteroatoms. The second kappa shape index (κ2) is 11.3. The van der Waals surface area contributed by atoms with Crippen LogP contribution in [0.15, 0.2) is 41.4 Å². The highest BCUT2D eigenvalue weighted by atomic mass is 35.5. The summed E-state index contributed by atoms with van der Waals surface area (Å²) in [4.78, 5) is 4.66. The van der Waals surface area contributed by atoms with E-state index in [0.29, 0.717) is 42.9 Å². The van der Waals surface area contributed by atoms with E-state index in [9.17, 15) is 0 Å². The van der Waals surface area contributed by atoms with Gasteiger partial charge in [-0.25, -0.2) is 4.99 Å². The van der Waals surface area contributed by atoms with E-state index in [1.807, 2.05) is 50.2 Å². The molecule has 28 heavy (non-hydrogen) atoms. The zero-order valence-corrected chi connectivity index (χ0v) is 17.6. The lowest BCUT2D eigenvalue weighted by atomic mass is 10.2. The van der Waals surface area contributed by atoms with Gasteiger partial charge in [0, 0.05) is 18.1 Å². The van der Waals surface area contributed by atoms with Gasteiger partial charge >= 0.3 is 0 Å². The van der Waals surface area contributed by atoms with Gasteiger partial charge in [0.15, 0.2) is 17.5 Å². The molecule has 0 aliphatic heterocycles. The predicted octanol–water partition coefficient (Wildman–Crippen LogP) is 4.01. The molecule has 0 aliphatic rings. The summed E-state index contributed by atoms with van der Waals surface area (Å²) in [5, 5.41) is 7.28. The molecule has 152 valence electrons. The van der Waals surface area contributed by atoms with E-state index >= 15 is 0 Å². The van der Waals surface area contributed by atoms with Crippen LogP contribution < -0.4 is 24.8 Å². The molecule has 2 rings (SSSR count). The third kappa shape index (κ3) is 6.23. The molecule has 0 atom stereocenters. The van der Waals surface area contributed by atoms with Gasteiger partial charge in [-0.1, -0.05) is 23.7 Å². The minimum atomic E-state index is 0.462. The van der Waals surface area contributed by atoms with Crippen molar-refractivity contribution >= 4 is 17.6 Å². The molecule has 0 unspecified atom stereocenters. The molecule has 0 aromatic heterocycles. The quantitative estimate of drug-likeness (QED) is 0.487. The molecule has 0 bridgehead atoms. The lowest BCUT2D eigenvalue weighted by Gasteiger charge is -2.15. The fraction of sp³-hybridized carbons (Fsp3) is 0.381. The zero-order valence-electron chi connectivity index (χ0n) is 16.8. The average Bonchev–Trinajstić information content (AvgIpc) is 2.70. The van der Waals surface area contributed by atoms with Crippen LogP contribution in [-0.2, 0) is 13.1 Å². The first-order valence-electron chi connectivity index (χ1n) is 9.25. The Morgan fingerprint density at radius 1 is 1.00 bits per heavy atom. The van der Waals surface area contributed by atoms with Crippen molar-refractivity contribution in [3.63, 3.8) is 0 Å². The molecule has 2 aromatic carbocycles. The molecule has 0 saturated heterocycles.